The van der Waals surface area contributed by atoms with Gasteiger partial charge in [-0.2, -0.15) is 0 Å². The number of hydrogen-bond acceptors (Lipinski definition) is 3. The van der Waals surface area contributed by atoms with E-state index in [-0.39, 0.29) is 6.61 Å². The minimum Gasteiger partial charge on any atom is -0.462 e. The molecule has 0 aliphatic carbocycles. The second-order valence-electron chi connectivity index (χ2n) is 5.03. The van der Waals surface area contributed by atoms with Gasteiger partial charge < -0.3 is 9.52 Å². The van der Waals surface area contributed by atoms with Crippen molar-refractivity contribution in [1.29, 1.82) is 0 Å². The molecule has 2 heterocycles. The zero-order chi connectivity index (χ0) is 12.1. The normalized spacial score (nSPS) is 18.7. The Morgan fingerprint density at radius 1 is 1.29 bits per heavy atom. The van der Waals surface area contributed by atoms with Gasteiger partial charge >= 0.3 is 0 Å². The molecule has 1 aromatic heterocycles. The quantitative estimate of drug-likeness (QED) is 0.855. The van der Waals surface area contributed by atoms with Crippen LogP contribution in [0.25, 0.3) is 0 Å². The predicted molar refractivity (Wildman–Crippen MR) is 67.5 cm³/mol. The molecule has 0 spiro atoms. The molecule has 1 saturated heterocycles. The third-order valence-electron chi connectivity index (χ3n) is 3.66. The van der Waals surface area contributed by atoms with Gasteiger partial charge in [0.25, 0.3) is 0 Å². The summed E-state index contributed by atoms with van der Waals surface area (Å²) in [5, 5.41) is 8.94. The van der Waals surface area contributed by atoms with Gasteiger partial charge in [-0.15, -0.1) is 0 Å². The number of aliphatic hydroxyl groups excluding tert-OH is 1. The SMILES string of the molecule is CCCC1CCN(Cc2ccc(CO)o2)CC1. The van der Waals surface area contributed by atoms with Crippen molar-refractivity contribution in [2.75, 3.05) is 13.1 Å². The molecule has 1 aliphatic heterocycles. The van der Waals surface area contributed by atoms with Crippen LogP contribution in [-0.4, -0.2) is 23.1 Å². The van der Waals surface area contributed by atoms with Crippen molar-refractivity contribution in [1.82, 2.24) is 4.90 Å². The highest BCUT2D eigenvalue weighted by Gasteiger charge is 2.19. The van der Waals surface area contributed by atoms with Crippen molar-refractivity contribution < 1.29 is 9.52 Å². The van der Waals surface area contributed by atoms with Gasteiger partial charge in [-0.1, -0.05) is 19.8 Å². The van der Waals surface area contributed by atoms with Crippen LogP contribution < -0.4 is 0 Å². The maximum Gasteiger partial charge on any atom is 0.129 e. The summed E-state index contributed by atoms with van der Waals surface area (Å²) in [6.45, 7) is 5.52. The summed E-state index contributed by atoms with van der Waals surface area (Å²) in [6.07, 6.45) is 5.33. The van der Waals surface area contributed by atoms with Gasteiger partial charge in [0.05, 0.1) is 6.54 Å². The molecular formula is C14H23NO2. The molecule has 1 fully saturated rings. The number of hydrogen-bond donors (Lipinski definition) is 1. The van der Waals surface area contributed by atoms with Crippen LogP contribution in [-0.2, 0) is 13.2 Å². The molecule has 0 saturated carbocycles. The highest BCUT2D eigenvalue weighted by Crippen LogP contribution is 2.23. The van der Waals surface area contributed by atoms with Crippen molar-refractivity contribution in [3.05, 3.63) is 23.7 Å². The lowest BCUT2D eigenvalue weighted by atomic mass is 9.92. The molecule has 0 atom stereocenters. The lowest BCUT2D eigenvalue weighted by Crippen LogP contribution is -2.33. The van der Waals surface area contributed by atoms with Crippen LogP contribution in [0.4, 0.5) is 0 Å². The van der Waals surface area contributed by atoms with Crippen molar-refractivity contribution >= 4 is 0 Å². The summed E-state index contributed by atoms with van der Waals surface area (Å²) in [6, 6.07) is 3.84. The molecule has 0 unspecified atom stereocenters. The van der Waals surface area contributed by atoms with Gasteiger partial charge in [0.2, 0.25) is 0 Å². The van der Waals surface area contributed by atoms with E-state index >= 15 is 0 Å². The second-order valence-corrected chi connectivity index (χ2v) is 5.03. The van der Waals surface area contributed by atoms with Crippen LogP contribution in [0.2, 0.25) is 0 Å². The van der Waals surface area contributed by atoms with Crippen molar-refractivity contribution in [2.45, 2.75) is 45.8 Å². The molecule has 3 heteroatoms. The Kier molecular flexibility index (Phi) is 4.63. The lowest BCUT2D eigenvalue weighted by molar-refractivity contribution is 0.158. The first-order valence-electron chi connectivity index (χ1n) is 6.72. The van der Waals surface area contributed by atoms with E-state index < -0.39 is 0 Å². The number of nitrogens with zero attached hydrogens (tertiary/aromatic N) is 1. The number of rotatable bonds is 5. The topological polar surface area (TPSA) is 36.6 Å². The fourth-order valence-electron chi connectivity index (χ4n) is 2.65. The molecule has 2 rings (SSSR count). The third kappa shape index (κ3) is 3.58. The smallest absolute Gasteiger partial charge is 0.129 e. The highest BCUT2D eigenvalue weighted by atomic mass is 16.4. The van der Waals surface area contributed by atoms with E-state index in [0.29, 0.717) is 5.76 Å². The molecule has 0 radical (unpaired) electrons. The Labute approximate surface area is 103 Å². The molecule has 3 nitrogen and oxygen atoms in total. The molecule has 96 valence electrons. The predicted octanol–water partition coefficient (Wildman–Crippen LogP) is 2.78. The highest BCUT2D eigenvalue weighted by molar-refractivity contribution is 5.06. The van der Waals surface area contributed by atoms with Crippen LogP contribution in [0.1, 0.15) is 44.1 Å². The van der Waals surface area contributed by atoms with Crippen LogP contribution in [0.5, 0.6) is 0 Å². The maximum atomic E-state index is 8.94. The monoisotopic (exact) mass is 237 g/mol. The minimum atomic E-state index is -0.00141. The van der Waals surface area contributed by atoms with Crippen LogP contribution in [0.15, 0.2) is 16.5 Å². The van der Waals surface area contributed by atoms with E-state index in [1.54, 1.807) is 0 Å². The van der Waals surface area contributed by atoms with E-state index in [2.05, 4.69) is 11.8 Å². The van der Waals surface area contributed by atoms with Gasteiger partial charge in [0.1, 0.15) is 18.1 Å². The van der Waals surface area contributed by atoms with Crippen LogP contribution in [0.3, 0.4) is 0 Å². The molecule has 1 aliphatic rings. The summed E-state index contributed by atoms with van der Waals surface area (Å²) >= 11 is 0. The Morgan fingerprint density at radius 3 is 2.59 bits per heavy atom. The van der Waals surface area contributed by atoms with Crippen molar-refractivity contribution in [2.24, 2.45) is 5.92 Å². The lowest BCUT2D eigenvalue weighted by Gasteiger charge is -2.31. The summed E-state index contributed by atoms with van der Waals surface area (Å²) in [7, 11) is 0. The molecule has 0 amide bonds. The molecule has 17 heavy (non-hydrogen) atoms. The van der Waals surface area contributed by atoms with Gasteiger partial charge in [0.15, 0.2) is 0 Å². The minimum absolute atomic E-state index is 0.00141. The third-order valence-corrected chi connectivity index (χ3v) is 3.66. The average molecular weight is 237 g/mol. The molecular weight excluding hydrogens is 214 g/mol. The van der Waals surface area contributed by atoms with Gasteiger partial charge in [-0.25, -0.2) is 0 Å². The molecule has 0 bridgehead atoms. The van der Waals surface area contributed by atoms with Crippen molar-refractivity contribution in [3.8, 4) is 0 Å². The Balaban J connectivity index is 1.77. The fraction of sp³-hybridized carbons (Fsp3) is 0.714. The van der Waals surface area contributed by atoms with Crippen LogP contribution >= 0.6 is 0 Å². The first kappa shape index (κ1) is 12.7. The second kappa shape index (κ2) is 6.22. The Morgan fingerprint density at radius 2 is 2.00 bits per heavy atom. The number of furan rings is 1. The largest absolute Gasteiger partial charge is 0.462 e. The Bertz CT molecular complexity index is 327. The summed E-state index contributed by atoms with van der Waals surface area (Å²) in [4.78, 5) is 2.45. The van der Waals surface area contributed by atoms with E-state index in [0.717, 1.165) is 18.2 Å². The number of aliphatic hydroxyl groups is 1. The molecule has 0 aromatic carbocycles. The first-order valence-corrected chi connectivity index (χ1v) is 6.72. The standard InChI is InChI=1S/C14H23NO2/c1-2-3-12-6-8-15(9-7-12)10-13-4-5-14(11-16)17-13/h4-5,12,16H,2-3,6-11H2,1H3. The average Bonchev–Trinajstić information content (AvgIpc) is 2.80. The molecule has 1 aromatic rings. The number of likely N-dealkylation sites (tertiary alicyclic amines) is 1. The van der Waals surface area contributed by atoms with Gasteiger partial charge in [-0.05, 0) is 44.0 Å². The van der Waals surface area contributed by atoms with Gasteiger partial charge in [0, 0.05) is 0 Å². The fourth-order valence-corrected chi connectivity index (χ4v) is 2.65. The zero-order valence-corrected chi connectivity index (χ0v) is 10.7. The summed E-state index contributed by atoms with van der Waals surface area (Å²) in [5.74, 6) is 2.57. The van der Waals surface area contributed by atoms with Crippen molar-refractivity contribution in [3.63, 3.8) is 0 Å². The van der Waals surface area contributed by atoms with Crippen LogP contribution in [0, 0.1) is 5.92 Å². The van der Waals surface area contributed by atoms with E-state index in [1.165, 1.54) is 38.8 Å². The summed E-state index contributed by atoms with van der Waals surface area (Å²) in [5.41, 5.74) is 0. The Hall–Kier alpha value is -0.800. The van der Waals surface area contributed by atoms with E-state index in [9.17, 15) is 0 Å². The zero-order valence-electron chi connectivity index (χ0n) is 10.7. The number of piperidine rings is 1. The maximum absolute atomic E-state index is 8.94. The summed E-state index contributed by atoms with van der Waals surface area (Å²) < 4.78 is 5.52. The van der Waals surface area contributed by atoms with E-state index in [1.807, 2.05) is 12.1 Å². The first-order chi connectivity index (χ1) is 8.31. The molecule has 1 N–H and O–H groups in total. The van der Waals surface area contributed by atoms with E-state index in [4.69, 9.17) is 9.52 Å². The van der Waals surface area contributed by atoms with Gasteiger partial charge in [-0.3, -0.25) is 4.90 Å².